The minimum Gasteiger partial charge on any atom is -0.391 e. The van der Waals surface area contributed by atoms with Crippen molar-refractivity contribution >= 4 is 17.7 Å². The van der Waals surface area contributed by atoms with E-state index in [2.05, 4.69) is 5.10 Å². The van der Waals surface area contributed by atoms with Gasteiger partial charge in [0.2, 0.25) is 5.88 Å². The normalized spacial score (nSPS) is 10.8. The van der Waals surface area contributed by atoms with E-state index >= 15 is 0 Å². The first-order valence-electron chi connectivity index (χ1n) is 7.60. The van der Waals surface area contributed by atoms with Gasteiger partial charge < -0.3 is 4.74 Å². The molecule has 0 radical (unpaired) electrons. The van der Waals surface area contributed by atoms with Crippen molar-refractivity contribution in [3.8, 4) is 5.88 Å². The van der Waals surface area contributed by atoms with Crippen molar-refractivity contribution in [1.82, 2.24) is 14.3 Å². The molecule has 0 aliphatic carbocycles. The monoisotopic (exact) mass is 343 g/mol. The number of aryl methyl sites for hydroxylation is 2. The molecule has 0 atom stereocenters. The zero-order valence-electron chi connectivity index (χ0n) is 13.8. The molecule has 6 heteroatoms. The van der Waals surface area contributed by atoms with E-state index in [0.717, 1.165) is 22.4 Å². The van der Waals surface area contributed by atoms with Gasteiger partial charge in [0.25, 0.3) is 0 Å². The lowest BCUT2D eigenvalue weighted by Gasteiger charge is -2.10. The first kappa shape index (κ1) is 16.3. The molecule has 24 heavy (non-hydrogen) atoms. The summed E-state index contributed by atoms with van der Waals surface area (Å²) in [5.74, 6) is 0.447. The van der Waals surface area contributed by atoms with Gasteiger partial charge >= 0.3 is 6.09 Å². The molecule has 0 spiro atoms. The molecule has 0 unspecified atom stereocenters. The van der Waals surface area contributed by atoms with Gasteiger partial charge in [-0.25, -0.2) is 9.48 Å². The van der Waals surface area contributed by atoms with Crippen LogP contribution in [0.4, 0.5) is 4.79 Å². The predicted octanol–water partition coefficient (Wildman–Crippen LogP) is 4.36. The van der Waals surface area contributed by atoms with E-state index < -0.39 is 6.09 Å². The van der Waals surface area contributed by atoms with Crippen molar-refractivity contribution in [2.24, 2.45) is 0 Å². The number of halogens is 1. The van der Waals surface area contributed by atoms with E-state index in [1.807, 2.05) is 39.0 Å². The summed E-state index contributed by atoms with van der Waals surface area (Å²) < 4.78 is 8.63. The van der Waals surface area contributed by atoms with Gasteiger partial charge in [0.05, 0.1) is 12.2 Å². The van der Waals surface area contributed by atoms with E-state index in [-0.39, 0.29) is 0 Å². The molecule has 1 aromatic carbocycles. The van der Waals surface area contributed by atoms with Gasteiger partial charge in [0.1, 0.15) is 0 Å². The van der Waals surface area contributed by atoms with Crippen LogP contribution >= 0.6 is 11.6 Å². The van der Waals surface area contributed by atoms with Crippen LogP contribution < -0.4 is 4.74 Å². The molecule has 0 aliphatic heterocycles. The average molecular weight is 344 g/mol. The van der Waals surface area contributed by atoms with Gasteiger partial charge in [-0.15, -0.1) is 0 Å². The SMILES string of the molecule is Cc1ccc(Cn2nc(C)c(C)c2OC(=O)n2cccc2)cc1Cl. The van der Waals surface area contributed by atoms with Crippen LogP contribution in [0, 0.1) is 20.8 Å². The summed E-state index contributed by atoms with van der Waals surface area (Å²) in [6, 6.07) is 9.40. The molecule has 0 saturated carbocycles. The second kappa shape index (κ2) is 6.53. The summed E-state index contributed by atoms with van der Waals surface area (Å²) in [4.78, 5) is 12.2. The highest BCUT2D eigenvalue weighted by Gasteiger charge is 2.17. The molecule has 2 heterocycles. The molecule has 3 aromatic rings. The molecule has 0 aliphatic rings. The number of aromatic nitrogens is 3. The third-order valence-electron chi connectivity index (χ3n) is 3.94. The maximum Gasteiger partial charge on any atom is 0.424 e. The molecule has 3 rings (SSSR count). The van der Waals surface area contributed by atoms with Gasteiger partial charge in [-0.1, -0.05) is 23.7 Å². The van der Waals surface area contributed by atoms with Gasteiger partial charge in [0.15, 0.2) is 0 Å². The molecule has 0 bridgehead atoms. The molecule has 0 saturated heterocycles. The molecular weight excluding hydrogens is 326 g/mol. The Bertz CT molecular complexity index is 882. The highest BCUT2D eigenvalue weighted by molar-refractivity contribution is 6.31. The summed E-state index contributed by atoms with van der Waals surface area (Å²) in [5, 5.41) is 5.19. The molecule has 5 nitrogen and oxygen atoms in total. The van der Waals surface area contributed by atoms with Crippen LogP contribution in [0.1, 0.15) is 22.4 Å². The zero-order valence-corrected chi connectivity index (χ0v) is 14.5. The number of ether oxygens (including phenoxy) is 1. The molecule has 0 fully saturated rings. The van der Waals surface area contributed by atoms with E-state index in [4.69, 9.17) is 16.3 Å². The highest BCUT2D eigenvalue weighted by atomic mass is 35.5. The number of rotatable bonds is 3. The largest absolute Gasteiger partial charge is 0.424 e. The van der Waals surface area contributed by atoms with Crippen molar-refractivity contribution in [3.05, 3.63) is 70.1 Å². The lowest BCUT2D eigenvalue weighted by Crippen LogP contribution is -2.18. The van der Waals surface area contributed by atoms with Crippen molar-refractivity contribution < 1.29 is 9.53 Å². The van der Waals surface area contributed by atoms with Gasteiger partial charge in [-0.3, -0.25) is 4.57 Å². The zero-order chi connectivity index (χ0) is 17.3. The smallest absolute Gasteiger partial charge is 0.391 e. The van der Waals surface area contributed by atoms with Crippen LogP contribution in [0.5, 0.6) is 5.88 Å². The minimum absolute atomic E-state index is 0.447. The third kappa shape index (κ3) is 3.21. The third-order valence-corrected chi connectivity index (χ3v) is 4.34. The van der Waals surface area contributed by atoms with E-state index in [9.17, 15) is 4.79 Å². The van der Waals surface area contributed by atoms with E-state index in [0.29, 0.717) is 17.4 Å². The Kier molecular flexibility index (Phi) is 4.44. The number of benzene rings is 1. The molecule has 2 aromatic heterocycles. The molecule has 0 N–H and O–H groups in total. The Labute approximate surface area is 145 Å². The summed E-state index contributed by atoms with van der Waals surface area (Å²) in [7, 11) is 0. The Morgan fingerprint density at radius 2 is 1.92 bits per heavy atom. The fourth-order valence-corrected chi connectivity index (χ4v) is 2.59. The van der Waals surface area contributed by atoms with E-state index in [1.54, 1.807) is 29.2 Å². The number of carbonyl (C=O) groups is 1. The highest BCUT2D eigenvalue weighted by Crippen LogP contribution is 2.24. The number of nitrogens with zero attached hydrogens (tertiary/aromatic N) is 3. The van der Waals surface area contributed by atoms with Crippen molar-refractivity contribution in [1.29, 1.82) is 0 Å². The summed E-state index contributed by atoms with van der Waals surface area (Å²) >= 11 is 6.19. The van der Waals surface area contributed by atoms with Gasteiger partial charge in [-0.05, 0) is 50.1 Å². The first-order chi connectivity index (χ1) is 11.5. The number of carbonyl (C=O) groups excluding carboxylic acids is 1. The summed E-state index contributed by atoms with van der Waals surface area (Å²) in [6.07, 6.45) is 2.82. The summed E-state index contributed by atoms with van der Waals surface area (Å²) in [6.45, 7) is 6.21. The number of hydrogen-bond acceptors (Lipinski definition) is 3. The van der Waals surface area contributed by atoms with Gasteiger partial charge in [0, 0.05) is 23.0 Å². The Balaban J connectivity index is 1.89. The van der Waals surface area contributed by atoms with Crippen LogP contribution in [0.2, 0.25) is 5.02 Å². The van der Waals surface area contributed by atoms with Crippen LogP contribution in [0.3, 0.4) is 0 Å². The van der Waals surface area contributed by atoms with Crippen LogP contribution in [-0.4, -0.2) is 20.4 Å². The fourth-order valence-electron chi connectivity index (χ4n) is 2.39. The van der Waals surface area contributed by atoms with Crippen LogP contribution in [0.15, 0.2) is 42.7 Å². The standard InChI is InChI=1S/C18H18ClN3O2/c1-12-6-7-15(10-16(12)19)11-22-17(13(2)14(3)20-22)24-18(23)21-8-4-5-9-21/h4-10H,11H2,1-3H3. The van der Waals surface area contributed by atoms with Crippen molar-refractivity contribution in [2.45, 2.75) is 27.3 Å². The molecule has 124 valence electrons. The summed E-state index contributed by atoms with van der Waals surface area (Å²) in [5.41, 5.74) is 3.68. The first-order valence-corrected chi connectivity index (χ1v) is 7.97. The topological polar surface area (TPSA) is 49.1 Å². The maximum atomic E-state index is 12.2. The van der Waals surface area contributed by atoms with Crippen LogP contribution in [-0.2, 0) is 6.54 Å². The predicted molar refractivity (Wildman–Crippen MR) is 92.8 cm³/mol. The fraction of sp³-hybridized carbons (Fsp3) is 0.222. The number of hydrogen-bond donors (Lipinski definition) is 0. The van der Waals surface area contributed by atoms with Crippen molar-refractivity contribution in [2.75, 3.05) is 0 Å². The Morgan fingerprint density at radius 1 is 1.21 bits per heavy atom. The minimum atomic E-state index is -0.466. The average Bonchev–Trinajstić information content (AvgIpc) is 3.16. The second-order valence-corrected chi connectivity index (χ2v) is 6.12. The van der Waals surface area contributed by atoms with Crippen molar-refractivity contribution in [3.63, 3.8) is 0 Å². The quantitative estimate of drug-likeness (QED) is 0.710. The second-order valence-electron chi connectivity index (χ2n) is 5.72. The Hall–Kier alpha value is -2.53. The Morgan fingerprint density at radius 3 is 2.58 bits per heavy atom. The van der Waals surface area contributed by atoms with Crippen LogP contribution in [0.25, 0.3) is 0 Å². The molecular formula is C18H18ClN3O2. The maximum absolute atomic E-state index is 12.2. The lowest BCUT2D eigenvalue weighted by molar-refractivity contribution is 0.197. The van der Waals surface area contributed by atoms with Gasteiger partial charge in [-0.2, -0.15) is 5.10 Å². The molecule has 0 amide bonds. The van der Waals surface area contributed by atoms with E-state index in [1.165, 1.54) is 4.57 Å². The lowest BCUT2D eigenvalue weighted by atomic mass is 10.1.